The van der Waals surface area contributed by atoms with E-state index in [1.807, 2.05) is 0 Å². The Balaban J connectivity index is 2.90. The highest BCUT2D eigenvalue weighted by Gasteiger charge is 2.24. The number of amides is 1. The fourth-order valence-corrected chi connectivity index (χ4v) is 1.69. The van der Waals surface area contributed by atoms with Crippen molar-refractivity contribution in [3.63, 3.8) is 0 Å². The molecule has 98 valence electrons. The van der Waals surface area contributed by atoms with Gasteiger partial charge < -0.3 is 15.4 Å². The average Bonchev–Trinajstić information content (AvgIpc) is 2.28. The zero-order valence-corrected chi connectivity index (χ0v) is 11.4. The molecule has 1 aromatic rings. The van der Waals surface area contributed by atoms with E-state index >= 15 is 0 Å². The number of aliphatic carboxylic acids is 1. The Morgan fingerprint density at radius 3 is 2.50 bits per heavy atom. The van der Waals surface area contributed by atoms with Crippen LogP contribution in [0.5, 0.6) is 0 Å². The van der Waals surface area contributed by atoms with Crippen molar-refractivity contribution in [1.29, 1.82) is 0 Å². The molecule has 1 aromatic heterocycles. The molecule has 0 saturated heterocycles. The number of halogens is 1. The van der Waals surface area contributed by atoms with Crippen molar-refractivity contribution in [2.24, 2.45) is 5.92 Å². The van der Waals surface area contributed by atoms with E-state index in [2.05, 4.69) is 26.2 Å². The van der Waals surface area contributed by atoms with Crippen LogP contribution in [0.3, 0.4) is 0 Å². The normalized spacial score (nSPS) is 12.2. The van der Waals surface area contributed by atoms with Crippen LogP contribution in [-0.2, 0) is 4.79 Å². The molecule has 0 aliphatic rings. The Hall–Kier alpha value is -1.63. The van der Waals surface area contributed by atoms with Gasteiger partial charge in [-0.3, -0.25) is 9.59 Å². The predicted molar refractivity (Wildman–Crippen MR) is 68.5 cm³/mol. The third-order valence-corrected chi connectivity index (χ3v) is 2.93. The number of aromatic amines is 1. The molecular formula is C11H13BrN2O4. The molecule has 18 heavy (non-hydrogen) atoms. The Bertz CT molecular complexity index is 524. The lowest BCUT2D eigenvalue weighted by molar-refractivity contribution is -0.140. The lowest BCUT2D eigenvalue weighted by Gasteiger charge is -2.17. The number of nitrogens with one attached hydrogen (secondary N) is 2. The van der Waals surface area contributed by atoms with E-state index in [1.54, 1.807) is 13.8 Å². The number of aromatic nitrogens is 1. The summed E-state index contributed by atoms with van der Waals surface area (Å²) in [5.41, 5.74) is -0.168. The van der Waals surface area contributed by atoms with E-state index in [4.69, 9.17) is 5.11 Å². The Labute approximate surface area is 112 Å². The second kappa shape index (κ2) is 5.81. The first kappa shape index (κ1) is 14.4. The number of carbonyl (C=O) groups excluding carboxylic acids is 1. The molecule has 1 amide bonds. The highest BCUT2D eigenvalue weighted by atomic mass is 79.9. The van der Waals surface area contributed by atoms with Gasteiger partial charge in [-0.2, -0.15) is 0 Å². The summed E-state index contributed by atoms with van der Waals surface area (Å²) >= 11 is 3.00. The predicted octanol–water partition coefficient (Wildman–Crippen LogP) is 0.976. The van der Waals surface area contributed by atoms with Crippen molar-refractivity contribution in [2.45, 2.75) is 19.9 Å². The largest absolute Gasteiger partial charge is 0.480 e. The highest BCUT2D eigenvalue weighted by Crippen LogP contribution is 2.07. The van der Waals surface area contributed by atoms with Crippen molar-refractivity contribution < 1.29 is 14.7 Å². The minimum absolute atomic E-state index is 0.188. The molecule has 1 heterocycles. The molecule has 0 saturated carbocycles. The van der Waals surface area contributed by atoms with Gasteiger partial charge >= 0.3 is 5.97 Å². The van der Waals surface area contributed by atoms with Gasteiger partial charge in [-0.05, 0) is 27.9 Å². The highest BCUT2D eigenvalue weighted by molar-refractivity contribution is 9.10. The first-order valence-corrected chi connectivity index (χ1v) is 6.04. The summed E-state index contributed by atoms with van der Waals surface area (Å²) in [4.78, 5) is 36.2. The number of carboxylic acids is 1. The Morgan fingerprint density at radius 2 is 2.06 bits per heavy atom. The van der Waals surface area contributed by atoms with Crippen LogP contribution < -0.4 is 10.9 Å². The van der Waals surface area contributed by atoms with E-state index in [9.17, 15) is 14.4 Å². The van der Waals surface area contributed by atoms with Crippen LogP contribution >= 0.6 is 15.9 Å². The summed E-state index contributed by atoms with van der Waals surface area (Å²) in [5, 5.41) is 11.4. The number of hydrogen-bond donors (Lipinski definition) is 3. The maximum absolute atomic E-state index is 11.8. The molecule has 1 atom stereocenters. The van der Waals surface area contributed by atoms with Gasteiger partial charge in [0.25, 0.3) is 11.5 Å². The van der Waals surface area contributed by atoms with Crippen LogP contribution in [-0.4, -0.2) is 28.0 Å². The second-order valence-corrected chi connectivity index (χ2v) is 4.95. The van der Waals surface area contributed by atoms with Gasteiger partial charge in [0.05, 0.1) is 10.0 Å². The maximum atomic E-state index is 11.8. The second-order valence-electron chi connectivity index (χ2n) is 4.10. The van der Waals surface area contributed by atoms with Gasteiger partial charge in [-0.15, -0.1) is 0 Å². The van der Waals surface area contributed by atoms with Crippen LogP contribution in [0.4, 0.5) is 0 Å². The van der Waals surface area contributed by atoms with Crippen molar-refractivity contribution in [3.8, 4) is 0 Å². The third-order valence-electron chi connectivity index (χ3n) is 2.34. The molecule has 0 spiro atoms. The number of carboxylic acid groups (broad SMARTS) is 1. The summed E-state index contributed by atoms with van der Waals surface area (Å²) in [6.07, 6.45) is 1.24. The molecule has 0 unspecified atom stereocenters. The van der Waals surface area contributed by atoms with Crippen LogP contribution in [0.25, 0.3) is 0 Å². The lowest BCUT2D eigenvalue weighted by Crippen LogP contribution is -2.44. The van der Waals surface area contributed by atoms with E-state index in [-0.39, 0.29) is 21.5 Å². The van der Waals surface area contributed by atoms with Crippen molar-refractivity contribution in [2.75, 3.05) is 0 Å². The average molecular weight is 317 g/mol. The molecule has 0 aliphatic heterocycles. The number of carbonyl (C=O) groups is 2. The summed E-state index contributed by atoms with van der Waals surface area (Å²) in [7, 11) is 0. The zero-order chi connectivity index (χ0) is 13.9. The van der Waals surface area contributed by atoms with Gasteiger partial charge in [-0.25, -0.2) is 4.79 Å². The number of rotatable bonds is 4. The van der Waals surface area contributed by atoms with E-state index in [0.29, 0.717) is 0 Å². The fourth-order valence-electron chi connectivity index (χ4n) is 1.33. The molecule has 0 aliphatic carbocycles. The standard InChI is InChI=1S/C11H13BrN2O4/c1-5(2)8(11(17)18)14-9(15)6-3-7(12)10(16)13-4-6/h3-5,8H,1-2H3,(H,13,16)(H,14,15)(H,17,18)/t8-/m0/s1. The maximum Gasteiger partial charge on any atom is 0.326 e. The molecular weight excluding hydrogens is 304 g/mol. The minimum Gasteiger partial charge on any atom is -0.480 e. The molecule has 0 aromatic carbocycles. The van der Waals surface area contributed by atoms with Gasteiger partial charge in [0.1, 0.15) is 6.04 Å². The van der Waals surface area contributed by atoms with Crippen molar-refractivity contribution in [1.82, 2.24) is 10.3 Å². The quantitative estimate of drug-likeness (QED) is 0.771. The van der Waals surface area contributed by atoms with Crippen LogP contribution in [0, 0.1) is 5.92 Å². The van der Waals surface area contributed by atoms with Crippen molar-refractivity contribution >= 4 is 27.8 Å². The molecule has 3 N–H and O–H groups in total. The SMILES string of the molecule is CC(C)[C@H](NC(=O)c1c[nH]c(=O)c(Br)c1)C(=O)O. The van der Waals surface area contributed by atoms with E-state index in [0.717, 1.165) is 0 Å². The van der Waals surface area contributed by atoms with Crippen LogP contribution in [0.2, 0.25) is 0 Å². The zero-order valence-electron chi connectivity index (χ0n) is 9.86. The van der Waals surface area contributed by atoms with Gasteiger partial charge in [-0.1, -0.05) is 13.8 Å². The summed E-state index contributed by atoms with van der Waals surface area (Å²) in [6.45, 7) is 3.39. The number of pyridine rings is 1. The minimum atomic E-state index is -1.10. The van der Waals surface area contributed by atoms with E-state index < -0.39 is 17.9 Å². The lowest BCUT2D eigenvalue weighted by atomic mass is 10.0. The first-order valence-electron chi connectivity index (χ1n) is 5.25. The number of hydrogen-bond acceptors (Lipinski definition) is 3. The van der Waals surface area contributed by atoms with Gasteiger partial charge in [0, 0.05) is 6.20 Å². The molecule has 7 heteroatoms. The molecule has 0 fully saturated rings. The summed E-state index contributed by atoms with van der Waals surface area (Å²) < 4.78 is 0.214. The monoisotopic (exact) mass is 316 g/mol. The smallest absolute Gasteiger partial charge is 0.326 e. The molecule has 1 rings (SSSR count). The molecule has 0 radical (unpaired) electrons. The molecule has 0 bridgehead atoms. The van der Waals surface area contributed by atoms with Gasteiger partial charge in [0.15, 0.2) is 0 Å². The summed E-state index contributed by atoms with van der Waals surface area (Å²) in [5.74, 6) is -1.88. The van der Waals surface area contributed by atoms with Crippen LogP contribution in [0.15, 0.2) is 21.5 Å². The first-order chi connectivity index (χ1) is 8.32. The fraction of sp³-hybridized carbons (Fsp3) is 0.364. The molecule has 6 nitrogen and oxygen atoms in total. The number of H-pyrrole nitrogens is 1. The summed E-state index contributed by atoms with van der Waals surface area (Å²) in [6, 6.07) is 0.371. The van der Waals surface area contributed by atoms with Gasteiger partial charge in [0.2, 0.25) is 0 Å². The van der Waals surface area contributed by atoms with E-state index in [1.165, 1.54) is 12.3 Å². The topological polar surface area (TPSA) is 99.3 Å². The third kappa shape index (κ3) is 3.43. The Kier molecular flexibility index (Phi) is 4.66. The Morgan fingerprint density at radius 1 is 1.44 bits per heavy atom. The van der Waals surface area contributed by atoms with Crippen LogP contribution in [0.1, 0.15) is 24.2 Å². The van der Waals surface area contributed by atoms with Crippen molar-refractivity contribution in [3.05, 3.63) is 32.7 Å².